The first kappa shape index (κ1) is 31.1. The number of carbonyl (C=O) groups is 1. The number of aliphatic hydroxyl groups is 4. The average molecular weight is 354 g/mol. The Labute approximate surface area is 149 Å². The Morgan fingerprint density at radius 2 is 1.50 bits per heavy atom. The third-order valence-electron chi connectivity index (χ3n) is 2.57. The SMILES string of the molecule is CC.CC.CC(C)(O)O.CCCNC(=O)[C@@H]1CCCC(O)C1.CO. The number of amides is 1. The molecule has 0 heterocycles. The van der Waals surface area contributed by atoms with Crippen LogP contribution in [0, 0.1) is 5.92 Å². The van der Waals surface area contributed by atoms with Gasteiger partial charge in [0.2, 0.25) is 5.91 Å². The van der Waals surface area contributed by atoms with Crippen molar-refractivity contribution < 1.29 is 25.2 Å². The predicted octanol–water partition coefficient (Wildman–Crippen LogP) is 2.43. The third kappa shape index (κ3) is 29.3. The largest absolute Gasteiger partial charge is 0.400 e. The van der Waals surface area contributed by atoms with E-state index in [9.17, 15) is 9.90 Å². The van der Waals surface area contributed by atoms with Gasteiger partial charge in [-0.25, -0.2) is 0 Å². The summed E-state index contributed by atoms with van der Waals surface area (Å²) < 4.78 is 0. The summed E-state index contributed by atoms with van der Waals surface area (Å²) in [6.07, 6.45) is 4.14. The molecule has 0 aromatic rings. The van der Waals surface area contributed by atoms with Crippen molar-refractivity contribution in [3.05, 3.63) is 0 Å². The van der Waals surface area contributed by atoms with Crippen molar-refractivity contribution in [3.8, 4) is 0 Å². The molecule has 0 bridgehead atoms. The summed E-state index contributed by atoms with van der Waals surface area (Å²) in [6, 6.07) is 0. The number of nitrogens with one attached hydrogen (secondary N) is 1. The van der Waals surface area contributed by atoms with E-state index in [2.05, 4.69) is 5.32 Å². The highest BCUT2D eigenvalue weighted by atomic mass is 16.5. The van der Waals surface area contributed by atoms with Crippen LogP contribution in [-0.4, -0.2) is 51.9 Å². The van der Waals surface area contributed by atoms with Gasteiger partial charge in [0.1, 0.15) is 0 Å². The Bertz CT molecular complexity index is 236. The molecule has 1 unspecified atom stereocenters. The predicted molar refractivity (Wildman–Crippen MR) is 101 cm³/mol. The molecular weight excluding hydrogens is 310 g/mol. The Balaban J connectivity index is -0.000000153. The number of aliphatic hydroxyl groups excluding tert-OH is 2. The zero-order valence-electron chi connectivity index (χ0n) is 17.1. The molecule has 0 radical (unpaired) electrons. The zero-order valence-corrected chi connectivity index (χ0v) is 17.1. The lowest BCUT2D eigenvalue weighted by Gasteiger charge is -2.24. The van der Waals surface area contributed by atoms with Gasteiger partial charge in [0, 0.05) is 19.6 Å². The fourth-order valence-electron chi connectivity index (χ4n) is 1.79. The molecule has 24 heavy (non-hydrogen) atoms. The molecule has 1 saturated carbocycles. The molecule has 6 heteroatoms. The molecule has 2 atom stereocenters. The second-order valence-electron chi connectivity index (χ2n) is 5.30. The highest BCUT2D eigenvalue weighted by Crippen LogP contribution is 2.24. The van der Waals surface area contributed by atoms with E-state index in [4.69, 9.17) is 15.3 Å². The maximum Gasteiger partial charge on any atom is 0.223 e. The van der Waals surface area contributed by atoms with Crippen molar-refractivity contribution in [3.63, 3.8) is 0 Å². The molecule has 1 fully saturated rings. The van der Waals surface area contributed by atoms with Crippen LogP contribution in [-0.2, 0) is 4.79 Å². The first-order chi connectivity index (χ1) is 11.2. The van der Waals surface area contributed by atoms with E-state index >= 15 is 0 Å². The monoisotopic (exact) mass is 353 g/mol. The van der Waals surface area contributed by atoms with Crippen LogP contribution in [0.15, 0.2) is 0 Å². The molecule has 0 aromatic carbocycles. The molecule has 0 spiro atoms. The molecule has 0 aliphatic heterocycles. The number of hydrogen-bond acceptors (Lipinski definition) is 5. The Morgan fingerprint density at radius 1 is 1.08 bits per heavy atom. The Morgan fingerprint density at radius 3 is 1.83 bits per heavy atom. The molecule has 1 aliphatic carbocycles. The maximum absolute atomic E-state index is 11.5. The van der Waals surface area contributed by atoms with E-state index in [-0.39, 0.29) is 17.9 Å². The molecule has 6 nitrogen and oxygen atoms in total. The van der Waals surface area contributed by atoms with Crippen molar-refractivity contribution in [2.24, 2.45) is 5.92 Å². The number of rotatable bonds is 3. The molecular formula is C18H43NO5. The van der Waals surface area contributed by atoms with Crippen molar-refractivity contribution in [2.45, 2.75) is 92.5 Å². The van der Waals surface area contributed by atoms with Gasteiger partial charge in [-0.1, -0.05) is 41.0 Å². The lowest BCUT2D eigenvalue weighted by Crippen LogP contribution is -2.35. The molecule has 1 amide bonds. The van der Waals surface area contributed by atoms with Crippen LogP contribution in [0.4, 0.5) is 0 Å². The number of carbonyl (C=O) groups excluding carboxylic acids is 1. The van der Waals surface area contributed by atoms with Crippen molar-refractivity contribution >= 4 is 5.91 Å². The standard InChI is InChI=1S/C10H19NO2.C3H8O2.2C2H6.CH4O/c1-2-6-11-10(13)8-4-3-5-9(12)7-8;1-3(2,4)5;3*1-2/h8-9,12H,2-7H2,1H3,(H,11,13);4-5H,1-2H3;2*1-2H3;2H,1H3/t8-,9?;;;;/m1..../s1. The summed E-state index contributed by atoms with van der Waals surface area (Å²) in [5.74, 6) is -1.32. The van der Waals surface area contributed by atoms with E-state index in [1.165, 1.54) is 13.8 Å². The van der Waals surface area contributed by atoms with Crippen LogP contribution in [0.2, 0.25) is 0 Å². The molecule has 0 aromatic heterocycles. The minimum Gasteiger partial charge on any atom is -0.400 e. The molecule has 5 N–H and O–H groups in total. The molecule has 1 aliphatic rings. The summed E-state index contributed by atoms with van der Waals surface area (Å²) in [7, 11) is 1.00. The van der Waals surface area contributed by atoms with Crippen LogP contribution in [0.25, 0.3) is 0 Å². The van der Waals surface area contributed by atoms with Gasteiger partial charge in [-0.2, -0.15) is 0 Å². The summed E-state index contributed by atoms with van der Waals surface area (Å²) in [6.45, 7) is 13.4. The molecule has 1 rings (SSSR count). The van der Waals surface area contributed by atoms with E-state index < -0.39 is 5.79 Å². The van der Waals surface area contributed by atoms with Crippen molar-refractivity contribution in [1.82, 2.24) is 5.32 Å². The Hall–Kier alpha value is -0.690. The van der Waals surface area contributed by atoms with Gasteiger partial charge in [0.15, 0.2) is 5.79 Å². The topological polar surface area (TPSA) is 110 Å². The highest BCUT2D eigenvalue weighted by molar-refractivity contribution is 5.78. The molecule has 0 saturated heterocycles. The molecule has 150 valence electrons. The van der Waals surface area contributed by atoms with Crippen molar-refractivity contribution in [1.29, 1.82) is 0 Å². The minimum absolute atomic E-state index is 0.0512. The lowest BCUT2D eigenvalue weighted by molar-refractivity contribution is -0.128. The normalized spacial score (nSPS) is 18.7. The fourth-order valence-corrected chi connectivity index (χ4v) is 1.79. The van der Waals surface area contributed by atoms with Crippen LogP contribution in [0.5, 0.6) is 0 Å². The van der Waals surface area contributed by atoms with E-state index in [0.29, 0.717) is 6.42 Å². The first-order valence-electron chi connectivity index (χ1n) is 9.09. The third-order valence-corrected chi connectivity index (χ3v) is 2.57. The van der Waals surface area contributed by atoms with Gasteiger partial charge in [-0.15, -0.1) is 0 Å². The summed E-state index contributed by atoms with van der Waals surface area (Å²) in [4.78, 5) is 11.5. The smallest absolute Gasteiger partial charge is 0.223 e. The van der Waals surface area contributed by atoms with Crippen LogP contribution >= 0.6 is 0 Å². The van der Waals surface area contributed by atoms with Gasteiger partial charge in [0.25, 0.3) is 0 Å². The zero-order chi connectivity index (χ0) is 20.2. The Kier molecular flexibility index (Phi) is 28.9. The van der Waals surface area contributed by atoms with Crippen LogP contribution in [0.1, 0.15) is 80.6 Å². The van der Waals surface area contributed by atoms with Crippen LogP contribution in [0.3, 0.4) is 0 Å². The van der Waals surface area contributed by atoms with Gasteiger partial charge < -0.3 is 25.7 Å². The van der Waals surface area contributed by atoms with Gasteiger partial charge >= 0.3 is 0 Å². The quantitative estimate of drug-likeness (QED) is 0.501. The van der Waals surface area contributed by atoms with Gasteiger partial charge in [0.05, 0.1) is 6.10 Å². The van der Waals surface area contributed by atoms with Gasteiger partial charge in [-0.05, 0) is 39.5 Å². The van der Waals surface area contributed by atoms with E-state index in [1.54, 1.807) is 0 Å². The summed E-state index contributed by atoms with van der Waals surface area (Å²) >= 11 is 0. The maximum atomic E-state index is 11.5. The lowest BCUT2D eigenvalue weighted by atomic mass is 9.87. The fraction of sp³-hybridized carbons (Fsp3) is 0.944. The first-order valence-corrected chi connectivity index (χ1v) is 9.09. The van der Waals surface area contributed by atoms with Gasteiger partial charge in [-0.3, -0.25) is 4.79 Å². The van der Waals surface area contributed by atoms with Crippen molar-refractivity contribution in [2.75, 3.05) is 13.7 Å². The van der Waals surface area contributed by atoms with E-state index in [1.807, 2.05) is 34.6 Å². The van der Waals surface area contributed by atoms with E-state index in [0.717, 1.165) is 39.3 Å². The second kappa shape index (κ2) is 22.3. The summed E-state index contributed by atoms with van der Waals surface area (Å²) in [5, 5.41) is 35.4. The summed E-state index contributed by atoms with van der Waals surface area (Å²) in [5.41, 5.74) is 0. The second-order valence-corrected chi connectivity index (χ2v) is 5.30. The minimum atomic E-state index is -1.50. The number of hydrogen-bond donors (Lipinski definition) is 5. The average Bonchev–Trinajstić information content (AvgIpc) is 2.56. The highest BCUT2D eigenvalue weighted by Gasteiger charge is 2.25. The van der Waals surface area contributed by atoms with Crippen LogP contribution < -0.4 is 5.32 Å².